The number of hydrogen-bond donors (Lipinski definition) is 2. The first-order valence-electron chi connectivity index (χ1n) is 5.27. The normalized spacial score (nSPS) is 11.5. The van der Waals surface area contributed by atoms with E-state index >= 15 is 0 Å². The summed E-state index contributed by atoms with van der Waals surface area (Å²) in [7, 11) is -3.65. The molecule has 0 saturated carbocycles. The lowest BCUT2D eigenvalue weighted by molar-refractivity contribution is 0.392. The van der Waals surface area contributed by atoms with Gasteiger partial charge in [0.2, 0.25) is 10.0 Å². The number of rotatable bonds is 4. The van der Waals surface area contributed by atoms with Crippen LogP contribution in [-0.2, 0) is 15.8 Å². The summed E-state index contributed by atoms with van der Waals surface area (Å²) in [6, 6.07) is 5.50. The van der Waals surface area contributed by atoms with Crippen LogP contribution in [0.15, 0.2) is 28.8 Å². The third-order valence-corrected chi connectivity index (χ3v) is 3.75. The van der Waals surface area contributed by atoms with E-state index < -0.39 is 10.0 Å². The molecule has 0 aliphatic rings. The van der Waals surface area contributed by atoms with Gasteiger partial charge in [-0.05, 0) is 19.1 Å². The van der Waals surface area contributed by atoms with E-state index in [1.54, 1.807) is 6.92 Å². The van der Waals surface area contributed by atoms with E-state index in [0.717, 1.165) is 0 Å². The Hall–Kier alpha value is -1.73. The van der Waals surface area contributed by atoms with Gasteiger partial charge in [-0.1, -0.05) is 16.8 Å². The van der Waals surface area contributed by atoms with Crippen LogP contribution in [0.3, 0.4) is 0 Å². The zero-order valence-electron chi connectivity index (χ0n) is 9.92. The number of anilines is 1. The lowest BCUT2D eigenvalue weighted by Gasteiger charge is -2.08. The first kappa shape index (κ1) is 13.7. The van der Waals surface area contributed by atoms with Crippen LogP contribution in [0, 0.1) is 6.92 Å². The minimum Gasteiger partial charge on any atom is -0.508 e. The molecule has 1 aromatic heterocycles. The maximum Gasteiger partial charge on any atom is 0.238 e. The van der Waals surface area contributed by atoms with E-state index in [9.17, 15) is 13.5 Å². The number of aromatic nitrogens is 1. The van der Waals surface area contributed by atoms with Gasteiger partial charge in [0.15, 0.2) is 0 Å². The number of phenols is 1. The van der Waals surface area contributed by atoms with Crippen LogP contribution in [-0.4, -0.2) is 18.7 Å². The Kier molecular flexibility index (Phi) is 3.68. The molecule has 0 aliphatic carbocycles. The summed E-state index contributed by atoms with van der Waals surface area (Å²) in [5.41, 5.74) is 0.500. The van der Waals surface area contributed by atoms with E-state index in [0.29, 0.717) is 11.5 Å². The zero-order chi connectivity index (χ0) is 14.0. The van der Waals surface area contributed by atoms with Crippen LogP contribution >= 0.6 is 11.6 Å². The van der Waals surface area contributed by atoms with Crippen molar-refractivity contribution in [3.8, 4) is 5.75 Å². The highest BCUT2D eigenvalue weighted by Gasteiger charge is 2.16. The molecule has 2 aromatic rings. The maximum atomic E-state index is 11.9. The molecular weight excluding hydrogens is 292 g/mol. The molecule has 2 rings (SSSR count). The molecule has 102 valence electrons. The number of nitrogens with zero attached hydrogens (tertiary/aromatic N) is 1. The van der Waals surface area contributed by atoms with Crippen molar-refractivity contribution >= 4 is 27.3 Å². The molecule has 8 heteroatoms. The summed E-state index contributed by atoms with van der Waals surface area (Å²) in [6.07, 6.45) is 0. The highest BCUT2D eigenvalue weighted by molar-refractivity contribution is 7.91. The van der Waals surface area contributed by atoms with Gasteiger partial charge in [-0.2, -0.15) is 0 Å². The fraction of sp³-hybridized carbons (Fsp3) is 0.182. The molecule has 1 heterocycles. The van der Waals surface area contributed by atoms with Crippen LogP contribution < -0.4 is 4.72 Å². The molecule has 1 aromatic carbocycles. The van der Waals surface area contributed by atoms with Gasteiger partial charge in [-0.15, -0.1) is 0 Å². The predicted molar refractivity (Wildman–Crippen MR) is 70.6 cm³/mol. The number of sulfonamides is 1. The van der Waals surface area contributed by atoms with Gasteiger partial charge in [0.25, 0.3) is 0 Å². The summed E-state index contributed by atoms with van der Waals surface area (Å²) in [6.45, 7) is 1.67. The summed E-state index contributed by atoms with van der Waals surface area (Å²) >= 11 is 5.82. The smallest absolute Gasteiger partial charge is 0.238 e. The number of benzene rings is 1. The Morgan fingerprint density at radius 3 is 2.74 bits per heavy atom. The number of aromatic hydroxyl groups is 1. The molecule has 0 spiro atoms. The monoisotopic (exact) mass is 302 g/mol. The molecule has 2 N–H and O–H groups in total. The number of halogens is 1. The molecule has 0 bridgehead atoms. The summed E-state index contributed by atoms with van der Waals surface area (Å²) in [5, 5.41) is 12.9. The third kappa shape index (κ3) is 3.62. The van der Waals surface area contributed by atoms with Crippen LogP contribution in [0.5, 0.6) is 5.75 Å². The first-order chi connectivity index (χ1) is 8.85. The van der Waals surface area contributed by atoms with E-state index in [1.807, 2.05) is 0 Å². The van der Waals surface area contributed by atoms with Crippen LogP contribution in [0.2, 0.25) is 5.02 Å². The molecule has 0 amide bonds. The summed E-state index contributed by atoms with van der Waals surface area (Å²) in [4.78, 5) is 0. The molecule has 0 unspecified atom stereocenters. The van der Waals surface area contributed by atoms with Crippen molar-refractivity contribution in [2.24, 2.45) is 0 Å². The van der Waals surface area contributed by atoms with E-state index in [2.05, 4.69) is 9.88 Å². The number of phenolic OH excluding ortho intramolecular Hbond substituents is 1. The molecule has 0 fully saturated rings. The van der Waals surface area contributed by atoms with Crippen molar-refractivity contribution in [2.75, 3.05) is 4.72 Å². The van der Waals surface area contributed by atoms with Crippen molar-refractivity contribution in [1.29, 1.82) is 0 Å². The van der Waals surface area contributed by atoms with Gasteiger partial charge in [0, 0.05) is 12.1 Å². The van der Waals surface area contributed by atoms with Gasteiger partial charge in [0.05, 0.1) is 10.7 Å². The average Bonchev–Trinajstić information content (AvgIpc) is 2.67. The Morgan fingerprint density at radius 1 is 1.42 bits per heavy atom. The Balaban J connectivity index is 2.17. The van der Waals surface area contributed by atoms with Gasteiger partial charge in [-0.25, -0.2) is 8.42 Å². The molecule has 0 aliphatic heterocycles. The van der Waals surface area contributed by atoms with Gasteiger partial charge >= 0.3 is 0 Å². The number of aryl methyl sites for hydroxylation is 1. The quantitative estimate of drug-likeness (QED) is 0.845. The molecule has 19 heavy (non-hydrogen) atoms. The van der Waals surface area contributed by atoms with E-state index in [1.165, 1.54) is 24.3 Å². The lowest BCUT2D eigenvalue weighted by atomic mass is 10.3. The molecule has 0 atom stereocenters. The fourth-order valence-electron chi connectivity index (χ4n) is 1.47. The van der Waals surface area contributed by atoms with Crippen molar-refractivity contribution in [3.63, 3.8) is 0 Å². The van der Waals surface area contributed by atoms with Crippen molar-refractivity contribution in [1.82, 2.24) is 5.16 Å². The third-order valence-electron chi connectivity index (χ3n) is 2.23. The van der Waals surface area contributed by atoms with Crippen molar-refractivity contribution in [2.45, 2.75) is 12.7 Å². The van der Waals surface area contributed by atoms with Crippen LogP contribution in [0.1, 0.15) is 11.5 Å². The molecule has 0 radical (unpaired) electrons. The highest BCUT2D eigenvalue weighted by Crippen LogP contribution is 2.27. The molecule has 0 saturated heterocycles. The molecule has 6 nitrogen and oxygen atoms in total. The van der Waals surface area contributed by atoms with Crippen molar-refractivity contribution in [3.05, 3.63) is 40.7 Å². The van der Waals surface area contributed by atoms with Gasteiger partial charge in [0.1, 0.15) is 23.0 Å². The largest absolute Gasteiger partial charge is 0.508 e. The first-order valence-corrected chi connectivity index (χ1v) is 7.30. The maximum absolute atomic E-state index is 11.9. The highest BCUT2D eigenvalue weighted by atomic mass is 35.5. The second-order valence-corrected chi connectivity index (χ2v) is 6.08. The Bertz CT molecular complexity index is 696. The van der Waals surface area contributed by atoms with Crippen LogP contribution in [0.4, 0.5) is 5.69 Å². The Morgan fingerprint density at radius 2 is 2.16 bits per heavy atom. The predicted octanol–water partition coefficient (Wildman–Crippen LogP) is 2.28. The minimum atomic E-state index is -3.65. The van der Waals surface area contributed by atoms with Gasteiger partial charge < -0.3 is 9.63 Å². The number of hydrogen-bond acceptors (Lipinski definition) is 5. The van der Waals surface area contributed by atoms with Gasteiger partial charge in [-0.3, -0.25) is 4.72 Å². The fourth-order valence-corrected chi connectivity index (χ4v) is 2.86. The molecular formula is C11H11ClN2O4S. The topological polar surface area (TPSA) is 92.4 Å². The second-order valence-electron chi connectivity index (χ2n) is 3.95. The average molecular weight is 303 g/mol. The summed E-state index contributed by atoms with van der Waals surface area (Å²) < 4.78 is 30.9. The summed E-state index contributed by atoms with van der Waals surface area (Å²) in [5.74, 6) is 0.176. The SMILES string of the molecule is Cc1cc(CS(=O)(=O)Nc2ccc(O)cc2Cl)no1. The van der Waals surface area contributed by atoms with E-state index in [-0.39, 0.29) is 22.2 Å². The number of nitrogens with one attached hydrogen (secondary N) is 1. The second kappa shape index (κ2) is 5.10. The standard InChI is InChI=1S/C11H11ClN2O4S/c1-7-4-8(13-18-7)6-19(16,17)14-11-3-2-9(15)5-10(11)12/h2-5,14-15H,6H2,1H3. The Labute approximate surface area is 115 Å². The lowest BCUT2D eigenvalue weighted by Crippen LogP contribution is -2.15. The van der Waals surface area contributed by atoms with E-state index in [4.69, 9.17) is 16.1 Å². The minimum absolute atomic E-state index is 0.0416. The zero-order valence-corrected chi connectivity index (χ0v) is 11.5. The van der Waals surface area contributed by atoms with Crippen molar-refractivity contribution < 1.29 is 18.0 Å². The van der Waals surface area contributed by atoms with Crippen LogP contribution in [0.25, 0.3) is 0 Å².